The number of anilines is 1. The van der Waals surface area contributed by atoms with Gasteiger partial charge in [-0.3, -0.25) is 0 Å². The molecule has 2 rings (SSSR count). The first-order chi connectivity index (χ1) is 9.19. The Labute approximate surface area is 114 Å². The van der Waals surface area contributed by atoms with Gasteiger partial charge in [-0.05, 0) is 20.9 Å². The van der Waals surface area contributed by atoms with Crippen LogP contribution in [0.5, 0.6) is 5.88 Å². The van der Waals surface area contributed by atoms with Gasteiger partial charge in [0.2, 0.25) is 11.8 Å². The molecule has 1 unspecified atom stereocenters. The first kappa shape index (κ1) is 14.0. The zero-order valence-electron chi connectivity index (χ0n) is 11.8. The van der Waals surface area contributed by atoms with Crippen molar-refractivity contribution in [3.63, 3.8) is 0 Å². The van der Waals surface area contributed by atoms with E-state index in [1.54, 1.807) is 12.3 Å². The quantitative estimate of drug-likeness (QED) is 0.846. The number of morpholine rings is 1. The number of hydrogen-bond donors (Lipinski definition) is 1. The van der Waals surface area contributed by atoms with E-state index in [-0.39, 0.29) is 12.2 Å². The van der Waals surface area contributed by atoms with Gasteiger partial charge >= 0.3 is 0 Å². The van der Waals surface area contributed by atoms with Crippen molar-refractivity contribution >= 4 is 5.95 Å². The van der Waals surface area contributed by atoms with Crippen LogP contribution in [-0.2, 0) is 4.74 Å². The predicted octanol–water partition coefficient (Wildman–Crippen LogP) is 0.688. The molecule has 1 N–H and O–H groups in total. The van der Waals surface area contributed by atoms with Gasteiger partial charge in [0, 0.05) is 31.9 Å². The van der Waals surface area contributed by atoms with Gasteiger partial charge in [0.05, 0.1) is 18.8 Å². The van der Waals surface area contributed by atoms with Crippen molar-refractivity contribution in [1.82, 2.24) is 15.3 Å². The van der Waals surface area contributed by atoms with Gasteiger partial charge in [0.15, 0.2) is 0 Å². The van der Waals surface area contributed by atoms with Crippen molar-refractivity contribution in [2.45, 2.75) is 26.1 Å². The molecule has 1 aromatic rings. The van der Waals surface area contributed by atoms with E-state index in [1.165, 1.54) is 0 Å². The minimum absolute atomic E-state index is 0.115. The molecule has 0 amide bonds. The fourth-order valence-corrected chi connectivity index (χ4v) is 2.04. The van der Waals surface area contributed by atoms with Crippen molar-refractivity contribution in [1.29, 1.82) is 0 Å². The molecule has 1 fully saturated rings. The highest BCUT2D eigenvalue weighted by Gasteiger charge is 2.22. The SMILES string of the molecule is CNCC1CN(c2nccc(OC(C)C)n2)CCO1. The lowest BCUT2D eigenvalue weighted by atomic mass is 10.3. The minimum atomic E-state index is 0.115. The second-order valence-corrected chi connectivity index (χ2v) is 4.86. The number of rotatable bonds is 5. The molecule has 6 nitrogen and oxygen atoms in total. The monoisotopic (exact) mass is 266 g/mol. The number of nitrogens with one attached hydrogen (secondary N) is 1. The summed E-state index contributed by atoms with van der Waals surface area (Å²) in [4.78, 5) is 10.9. The molecule has 0 saturated carbocycles. The summed E-state index contributed by atoms with van der Waals surface area (Å²) < 4.78 is 11.3. The van der Waals surface area contributed by atoms with E-state index >= 15 is 0 Å². The molecule has 1 aliphatic rings. The van der Waals surface area contributed by atoms with Crippen molar-refractivity contribution in [2.75, 3.05) is 38.2 Å². The maximum atomic E-state index is 5.67. The third-order valence-electron chi connectivity index (χ3n) is 2.83. The second-order valence-electron chi connectivity index (χ2n) is 4.86. The van der Waals surface area contributed by atoms with Gasteiger partial charge in [-0.2, -0.15) is 4.98 Å². The molecule has 106 valence electrons. The Kier molecular flexibility index (Phi) is 4.93. The van der Waals surface area contributed by atoms with Crippen LogP contribution in [0, 0.1) is 0 Å². The molecule has 0 bridgehead atoms. The molecule has 1 saturated heterocycles. The average Bonchev–Trinajstić information content (AvgIpc) is 2.39. The first-order valence-corrected chi connectivity index (χ1v) is 6.70. The normalized spacial score (nSPS) is 19.8. The highest BCUT2D eigenvalue weighted by Crippen LogP contribution is 2.16. The molecule has 0 spiro atoms. The van der Waals surface area contributed by atoms with Crippen molar-refractivity contribution in [3.05, 3.63) is 12.3 Å². The summed E-state index contributed by atoms with van der Waals surface area (Å²) in [5.41, 5.74) is 0. The molecule has 1 aliphatic heterocycles. The van der Waals surface area contributed by atoms with Crippen LogP contribution in [-0.4, -0.2) is 55.5 Å². The molecule has 6 heteroatoms. The summed E-state index contributed by atoms with van der Waals surface area (Å²) in [7, 11) is 1.93. The Bertz CT molecular complexity index is 398. The summed E-state index contributed by atoms with van der Waals surface area (Å²) in [6.07, 6.45) is 2.03. The summed E-state index contributed by atoms with van der Waals surface area (Å²) in [5.74, 6) is 1.33. The number of hydrogen-bond acceptors (Lipinski definition) is 6. The summed E-state index contributed by atoms with van der Waals surface area (Å²) >= 11 is 0. The number of likely N-dealkylation sites (N-methyl/N-ethyl adjacent to an activating group) is 1. The molecule has 2 heterocycles. The molecule has 19 heavy (non-hydrogen) atoms. The van der Waals surface area contributed by atoms with Crippen LogP contribution in [0.3, 0.4) is 0 Å². The van der Waals surface area contributed by atoms with Crippen molar-refractivity contribution in [3.8, 4) is 5.88 Å². The fraction of sp³-hybridized carbons (Fsp3) is 0.692. The molecule has 0 radical (unpaired) electrons. The van der Waals surface area contributed by atoms with Gasteiger partial charge in [-0.15, -0.1) is 0 Å². The van der Waals surface area contributed by atoms with E-state index in [1.807, 2.05) is 20.9 Å². The Morgan fingerprint density at radius 2 is 2.42 bits per heavy atom. The topological polar surface area (TPSA) is 59.5 Å². The van der Waals surface area contributed by atoms with E-state index < -0.39 is 0 Å². The summed E-state index contributed by atoms with van der Waals surface area (Å²) in [5, 5.41) is 3.13. The van der Waals surface area contributed by atoms with E-state index in [0.29, 0.717) is 18.4 Å². The molecule has 0 aromatic carbocycles. The largest absolute Gasteiger partial charge is 0.475 e. The van der Waals surface area contributed by atoms with Gasteiger partial charge in [0.1, 0.15) is 0 Å². The van der Waals surface area contributed by atoms with Crippen LogP contribution in [0.15, 0.2) is 12.3 Å². The zero-order chi connectivity index (χ0) is 13.7. The van der Waals surface area contributed by atoms with Gasteiger partial charge < -0.3 is 19.7 Å². The van der Waals surface area contributed by atoms with Crippen LogP contribution in [0.4, 0.5) is 5.95 Å². The lowest BCUT2D eigenvalue weighted by Crippen LogP contribution is -2.46. The van der Waals surface area contributed by atoms with E-state index in [2.05, 4.69) is 20.2 Å². The van der Waals surface area contributed by atoms with E-state index in [4.69, 9.17) is 9.47 Å². The van der Waals surface area contributed by atoms with Gasteiger partial charge in [-0.1, -0.05) is 0 Å². The van der Waals surface area contributed by atoms with Crippen molar-refractivity contribution < 1.29 is 9.47 Å². The highest BCUT2D eigenvalue weighted by atomic mass is 16.5. The highest BCUT2D eigenvalue weighted by molar-refractivity contribution is 5.32. The fourth-order valence-electron chi connectivity index (χ4n) is 2.04. The number of nitrogens with zero attached hydrogens (tertiary/aromatic N) is 3. The molecule has 1 atom stereocenters. The summed E-state index contributed by atoms with van der Waals surface area (Å²) in [6.45, 7) is 7.11. The minimum Gasteiger partial charge on any atom is -0.475 e. The van der Waals surface area contributed by atoms with E-state index in [9.17, 15) is 0 Å². The van der Waals surface area contributed by atoms with Crippen LogP contribution < -0.4 is 15.0 Å². The zero-order valence-corrected chi connectivity index (χ0v) is 11.8. The van der Waals surface area contributed by atoms with Crippen LogP contribution >= 0.6 is 0 Å². The predicted molar refractivity (Wildman–Crippen MR) is 73.7 cm³/mol. The lowest BCUT2D eigenvalue weighted by Gasteiger charge is -2.32. The molecule has 1 aromatic heterocycles. The first-order valence-electron chi connectivity index (χ1n) is 6.70. The van der Waals surface area contributed by atoms with Gasteiger partial charge in [-0.25, -0.2) is 4.98 Å². The Hall–Kier alpha value is -1.40. The third kappa shape index (κ3) is 4.04. The smallest absolute Gasteiger partial charge is 0.228 e. The molecule has 0 aliphatic carbocycles. The maximum absolute atomic E-state index is 5.67. The van der Waals surface area contributed by atoms with Crippen LogP contribution in [0.1, 0.15) is 13.8 Å². The van der Waals surface area contributed by atoms with Crippen LogP contribution in [0.2, 0.25) is 0 Å². The number of aromatic nitrogens is 2. The standard InChI is InChI=1S/C13H22N4O2/c1-10(2)19-12-4-5-15-13(16-12)17-6-7-18-11(9-17)8-14-3/h4-5,10-11,14H,6-9H2,1-3H3. The lowest BCUT2D eigenvalue weighted by molar-refractivity contribution is 0.0415. The molecular weight excluding hydrogens is 244 g/mol. The summed E-state index contributed by atoms with van der Waals surface area (Å²) in [6, 6.07) is 1.79. The maximum Gasteiger partial charge on any atom is 0.228 e. The van der Waals surface area contributed by atoms with Crippen molar-refractivity contribution in [2.24, 2.45) is 0 Å². The number of ether oxygens (including phenoxy) is 2. The Morgan fingerprint density at radius 3 is 3.16 bits per heavy atom. The van der Waals surface area contributed by atoms with Crippen LogP contribution in [0.25, 0.3) is 0 Å². The average molecular weight is 266 g/mol. The molecular formula is C13H22N4O2. The van der Waals surface area contributed by atoms with E-state index in [0.717, 1.165) is 19.6 Å². The third-order valence-corrected chi connectivity index (χ3v) is 2.83. The Morgan fingerprint density at radius 1 is 1.58 bits per heavy atom. The second kappa shape index (κ2) is 6.68. The van der Waals surface area contributed by atoms with Gasteiger partial charge in [0.25, 0.3) is 0 Å². The Balaban J connectivity index is 2.04.